The van der Waals surface area contributed by atoms with E-state index in [4.69, 9.17) is 9.47 Å². The number of amides is 1. The highest BCUT2D eigenvalue weighted by molar-refractivity contribution is 5.76. The van der Waals surface area contributed by atoms with Crippen molar-refractivity contribution >= 4 is 5.91 Å². The number of benzene rings is 2. The molecule has 29 heavy (non-hydrogen) atoms. The monoisotopic (exact) mass is 397 g/mol. The number of hydrogen-bond donors (Lipinski definition) is 3. The maximum atomic E-state index is 12.4. The van der Waals surface area contributed by atoms with Crippen molar-refractivity contribution in [2.24, 2.45) is 0 Å². The molecule has 0 aliphatic carbocycles. The molecule has 2 aromatic rings. The zero-order chi connectivity index (χ0) is 20.1. The lowest BCUT2D eigenvalue weighted by atomic mass is 10.0. The Kier molecular flexibility index (Phi) is 6.32. The summed E-state index contributed by atoms with van der Waals surface area (Å²) in [7, 11) is 0. The first kappa shape index (κ1) is 19.7. The second-order valence-corrected chi connectivity index (χ2v) is 8.16. The van der Waals surface area contributed by atoms with E-state index in [0.717, 1.165) is 44.2 Å². The Labute approximate surface area is 172 Å². The number of ether oxygens (including phenoxy) is 2. The molecule has 2 heterocycles. The minimum atomic E-state index is 0.155. The highest BCUT2D eigenvalue weighted by atomic mass is 16.7. The van der Waals surface area contributed by atoms with Crippen molar-refractivity contribution in [3.63, 3.8) is 0 Å². The van der Waals surface area contributed by atoms with Gasteiger partial charge in [0.1, 0.15) is 32.7 Å². The molecule has 2 aromatic carbocycles. The molecule has 0 spiro atoms. The summed E-state index contributed by atoms with van der Waals surface area (Å²) in [5, 5.41) is 3.11. The molecule has 6 nitrogen and oxygen atoms in total. The van der Waals surface area contributed by atoms with E-state index in [9.17, 15) is 4.79 Å². The van der Waals surface area contributed by atoms with Gasteiger partial charge in [-0.2, -0.15) is 0 Å². The first-order chi connectivity index (χ1) is 14.2. The van der Waals surface area contributed by atoms with Gasteiger partial charge in [-0.25, -0.2) is 0 Å². The summed E-state index contributed by atoms with van der Waals surface area (Å²) in [6.07, 6.45) is 0. The zero-order valence-corrected chi connectivity index (χ0v) is 17.1. The Morgan fingerprint density at radius 1 is 1.00 bits per heavy atom. The van der Waals surface area contributed by atoms with Crippen LogP contribution >= 0.6 is 0 Å². The molecule has 1 atom stereocenters. The van der Waals surface area contributed by atoms with Crippen LogP contribution in [0.5, 0.6) is 11.5 Å². The zero-order valence-electron chi connectivity index (χ0n) is 17.1. The quantitative estimate of drug-likeness (QED) is 0.597. The van der Waals surface area contributed by atoms with Crippen LogP contribution in [0.25, 0.3) is 0 Å². The van der Waals surface area contributed by atoms with E-state index in [1.807, 2.05) is 24.3 Å². The third-order valence-electron chi connectivity index (χ3n) is 5.94. The first-order valence-electron chi connectivity index (χ1n) is 10.5. The fraction of sp³-hybridized carbons (Fsp3) is 0.435. The summed E-state index contributed by atoms with van der Waals surface area (Å²) in [4.78, 5) is 15.3. The van der Waals surface area contributed by atoms with E-state index >= 15 is 0 Å². The summed E-state index contributed by atoms with van der Waals surface area (Å²) < 4.78 is 10.9. The molecule has 0 bridgehead atoms. The number of piperazine rings is 1. The Balaban J connectivity index is 1.17. The molecule has 6 heteroatoms. The van der Waals surface area contributed by atoms with Gasteiger partial charge in [0, 0.05) is 12.1 Å². The number of carbonyl (C=O) groups is 1. The fourth-order valence-corrected chi connectivity index (χ4v) is 4.11. The van der Waals surface area contributed by atoms with Crippen LogP contribution in [0.2, 0.25) is 0 Å². The van der Waals surface area contributed by atoms with E-state index < -0.39 is 0 Å². The predicted molar refractivity (Wildman–Crippen MR) is 110 cm³/mol. The molecule has 0 saturated carbocycles. The van der Waals surface area contributed by atoms with Gasteiger partial charge < -0.3 is 24.6 Å². The van der Waals surface area contributed by atoms with Crippen LogP contribution in [0.15, 0.2) is 48.5 Å². The van der Waals surface area contributed by atoms with Gasteiger partial charge in [-0.05, 0) is 29.7 Å². The van der Waals surface area contributed by atoms with Gasteiger partial charge in [0.15, 0.2) is 18.0 Å². The van der Waals surface area contributed by atoms with E-state index in [1.165, 1.54) is 16.0 Å². The maximum Gasteiger partial charge on any atom is 0.275 e. The molecule has 0 unspecified atom stereocenters. The molecule has 2 aliphatic heterocycles. The molecule has 1 amide bonds. The van der Waals surface area contributed by atoms with Crippen molar-refractivity contribution in [3.05, 3.63) is 59.7 Å². The predicted octanol–water partition coefficient (Wildman–Crippen LogP) is -0.381. The van der Waals surface area contributed by atoms with Gasteiger partial charge in [0.2, 0.25) is 6.79 Å². The van der Waals surface area contributed by atoms with Crippen molar-refractivity contribution in [3.8, 4) is 11.5 Å². The van der Waals surface area contributed by atoms with Crippen LogP contribution in [0.4, 0.5) is 0 Å². The lowest BCUT2D eigenvalue weighted by Gasteiger charge is -2.29. The Morgan fingerprint density at radius 2 is 1.72 bits per heavy atom. The van der Waals surface area contributed by atoms with Crippen LogP contribution in [-0.4, -0.2) is 52.0 Å². The minimum Gasteiger partial charge on any atom is -0.454 e. The van der Waals surface area contributed by atoms with Crippen molar-refractivity contribution in [2.75, 3.05) is 46.1 Å². The maximum absolute atomic E-state index is 12.4. The van der Waals surface area contributed by atoms with Crippen LogP contribution in [0, 0.1) is 0 Å². The Bertz CT molecular complexity index is 819. The van der Waals surface area contributed by atoms with E-state index in [2.05, 4.69) is 36.5 Å². The topological polar surface area (TPSA) is 56.4 Å². The standard InChI is InChI=1S/C23H29N3O3/c1-18(20-5-3-2-4-6-20)14-24-23(27)16-26-11-9-25(10-12-26)15-19-7-8-21-22(13-19)29-17-28-21/h2-8,13,18H,9-12,14-17H2,1H3,(H,24,27)/p+2/t18-/m1/s1. The molecule has 4 rings (SSSR count). The summed E-state index contributed by atoms with van der Waals surface area (Å²) in [5.41, 5.74) is 2.54. The number of quaternary nitrogens is 2. The van der Waals surface area contributed by atoms with Crippen LogP contribution in [-0.2, 0) is 11.3 Å². The Morgan fingerprint density at radius 3 is 2.52 bits per heavy atom. The number of fused-ring (bicyclic) bond motifs is 1. The number of nitrogens with one attached hydrogen (secondary N) is 3. The average molecular weight is 398 g/mol. The molecular formula is C23H31N3O3+2. The molecule has 1 saturated heterocycles. The summed E-state index contributed by atoms with van der Waals surface area (Å²) >= 11 is 0. The summed E-state index contributed by atoms with van der Waals surface area (Å²) in [6, 6.07) is 16.6. The largest absolute Gasteiger partial charge is 0.454 e. The molecule has 1 fully saturated rings. The average Bonchev–Trinajstić information content (AvgIpc) is 3.22. The highest BCUT2D eigenvalue weighted by Crippen LogP contribution is 2.32. The van der Waals surface area contributed by atoms with Gasteiger partial charge in [0.05, 0.1) is 0 Å². The van der Waals surface area contributed by atoms with E-state index in [1.54, 1.807) is 4.90 Å². The van der Waals surface area contributed by atoms with Gasteiger partial charge in [-0.15, -0.1) is 0 Å². The van der Waals surface area contributed by atoms with Crippen molar-refractivity contribution < 1.29 is 24.1 Å². The van der Waals surface area contributed by atoms with Crippen molar-refractivity contribution in [2.45, 2.75) is 19.4 Å². The van der Waals surface area contributed by atoms with Gasteiger partial charge >= 0.3 is 0 Å². The summed E-state index contributed by atoms with van der Waals surface area (Å²) in [5.74, 6) is 2.18. The van der Waals surface area contributed by atoms with Crippen LogP contribution in [0.3, 0.4) is 0 Å². The normalized spacial score (nSPS) is 21.6. The lowest BCUT2D eigenvalue weighted by molar-refractivity contribution is -1.02. The van der Waals surface area contributed by atoms with Gasteiger partial charge in [-0.1, -0.05) is 37.3 Å². The fourth-order valence-electron chi connectivity index (χ4n) is 4.11. The number of hydrogen-bond acceptors (Lipinski definition) is 3. The third-order valence-corrected chi connectivity index (χ3v) is 5.94. The van der Waals surface area contributed by atoms with E-state index in [0.29, 0.717) is 25.8 Å². The molecule has 0 aromatic heterocycles. The first-order valence-corrected chi connectivity index (χ1v) is 10.5. The summed E-state index contributed by atoms with van der Waals surface area (Å²) in [6.45, 7) is 8.94. The highest BCUT2D eigenvalue weighted by Gasteiger charge is 2.25. The second kappa shape index (κ2) is 9.29. The number of rotatable bonds is 7. The molecular weight excluding hydrogens is 366 g/mol. The third kappa shape index (κ3) is 5.28. The van der Waals surface area contributed by atoms with Gasteiger partial charge in [0.25, 0.3) is 5.91 Å². The minimum absolute atomic E-state index is 0.155. The van der Waals surface area contributed by atoms with Crippen molar-refractivity contribution in [1.29, 1.82) is 0 Å². The molecule has 0 radical (unpaired) electrons. The van der Waals surface area contributed by atoms with Crippen LogP contribution < -0.4 is 24.6 Å². The van der Waals surface area contributed by atoms with Gasteiger partial charge in [-0.3, -0.25) is 4.79 Å². The lowest BCUT2D eigenvalue weighted by Crippen LogP contribution is -3.28. The second-order valence-electron chi connectivity index (χ2n) is 8.16. The van der Waals surface area contributed by atoms with Crippen molar-refractivity contribution in [1.82, 2.24) is 5.32 Å². The molecule has 2 aliphatic rings. The SMILES string of the molecule is C[C@H](CNC(=O)C[NH+]1CC[NH+](Cc2ccc3c(c2)OCO3)CC1)c1ccccc1. The molecule has 3 N–H and O–H groups in total. The Hall–Kier alpha value is -2.57. The molecule has 154 valence electrons. The smallest absolute Gasteiger partial charge is 0.275 e. The number of carbonyl (C=O) groups excluding carboxylic acids is 1. The van der Waals surface area contributed by atoms with Crippen LogP contribution in [0.1, 0.15) is 24.0 Å². The van der Waals surface area contributed by atoms with E-state index in [-0.39, 0.29) is 5.91 Å².